The fourth-order valence-corrected chi connectivity index (χ4v) is 3.89. The third-order valence-corrected chi connectivity index (χ3v) is 5.55. The molecule has 1 saturated heterocycles. The topological polar surface area (TPSA) is 40.1 Å². The number of nitrogens with zero attached hydrogens (tertiary/aromatic N) is 3. The third-order valence-electron chi connectivity index (χ3n) is 5.55. The lowest BCUT2D eigenvalue weighted by molar-refractivity contribution is 0.295. The summed E-state index contributed by atoms with van der Waals surface area (Å²) in [6.07, 6.45) is 1.14. The molecule has 5 heteroatoms. The van der Waals surface area contributed by atoms with Gasteiger partial charge in [0.15, 0.2) is 5.96 Å². The molecule has 1 fully saturated rings. The van der Waals surface area contributed by atoms with Crippen molar-refractivity contribution in [3.8, 4) is 5.75 Å². The maximum Gasteiger partial charge on any atom is 0.193 e. The summed E-state index contributed by atoms with van der Waals surface area (Å²) in [6.45, 7) is 2.84. The van der Waals surface area contributed by atoms with Gasteiger partial charge >= 0.3 is 0 Å². The molecule has 0 radical (unpaired) electrons. The number of ether oxygens (including phenoxy) is 1. The zero-order valence-corrected chi connectivity index (χ0v) is 17.4. The quantitative estimate of drug-likeness (QED) is 0.616. The largest absolute Gasteiger partial charge is 0.497 e. The van der Waals surface area contributed by atoms with Crippen LogP contribution in [0.5, 0.6) is 5.75 Å². The molecule has 2 atom stereocenters. The number of nitrogens with one attached hydrogen (secondary N) is 1. The maximum atomic E-state index is 5.28. The van der Waals surface area contributed by atoms with E-state index in [1.165, 1.54) is 11.1 Å². The summed E-state index contributed by atoms with van der Waals surface area (Å²) in [5, 5.41) is 3.60. The SMILES string of the molecule is CN=C(NCC(c1ccccc1)N(C)C)N1CCC(c2ccc(OC)cc2)C1. The molecular formula is C23H32N4O. The van der Waals surface area contributed by atoms with Gasteiger partial charge < -0.3 is 19.9 Å². The van der Waals surface area contributed by atoms with Gasteiger partial charge in [0.25, 0.3) is 0 Å². The van der Waals surface area contributed by atoms with Crippen molar-refractivity contribution >= 4 is 5.96 Å². The molecule has 150 valence electrons. The fourth-order valence-electron chi connectivity index (χ4n) is 3.89. The summed E-state index contributed by atoms with van der Waals surface area (Å²) >= 11 is 0. The van der Waals surface area contributed by atoms with E-state index >= 15 is 0 Å². The molecule has 0 bridgehead atoms. The van der Waals surface area contributed by atoms with Crippen LogP contribution in [0.15, 0.2) is 59.6 Å². The van der Waals surface area contributed by atoms with Crippen LogP contribution in [0.2, 0.25) is 0 Å². The number of methoxy groups -OCH3 is 1. The number of benzene rings is 2. The Labute approximate surface area is 169 Å². The first-order chi connectivity index (χ1) is 13.6. The van der Waals surface area contributed by atoms with E-state index in [4.69, 9.17) is 4.74 Å². The van der Waals surface area contributed by atoms with Gasteiger partial charge in [0.1, 0.15) is 5.75 Å². The second-order valence-corrected chi connectivity index (χ2v) is 7.52. The average Bonchev–Trinajstić information content (AvgIpc) is 3.21. The molecule has 0 saturated carbocycles. The van der Waals surface area contributed by atoms with Crippen molar-refractivity contribution in [2.75, 3.05) is 47.9 Å². The second kappa shape index (κ2) is 9.60. The van der Waals surface area contributed by atoms with E-state index < -0.39 is 0 Å². The molecule has 2 unspecified atom stereocenters. The third kappa shape index (κ3) is 4.84. The molecule has 0 aromatic heterocycles. The Hall–Kier alpha value is -2.53. The molecule has 2 aromatic carbocycles. The predicted octanol–water partition coefficient (Wildman–Crippen LogP) is 3.36. The first-order valence-corrected chi connectivity index (χ1v) is 9.93. The van der Waals surface area contributed by atoms with Crippen LogP contribution in [0.25, 0.3) is 0 Å². The Morgan fingerprint density at radius 3 is 2.50 bits per heavy atom. The summed E-state index contributed by atoms with van der Waals surface area (Å²) in [7, 11) is 7.82. The summed E-state index contributed by atoms with van der Waals surface area (Å²) in [6, 6.07) is 19.4. The average molecular weight is 381 g/mol. The zero-order valence-electron chi connectivity index (χ0n) is 17.4. The van der Waals surface area contributed by atoms with E-state index in [1.54, 1.807) is 7.11 Å². The van der Waals surface area contributed by atoms with Gasteiger partial charge in [0.2, 0.25) is 0 Å². The molecule has 1 heterocycles. The number of guanidine groups is 1. The molecule has 2 aromatic rings. The fraction of sp³-hybridized carbons (Fsp3) is 0.435. The summed E-state index contributed by atoms with van der Waals surface area (Å²) in [5.74, 6) is 2.42. The Balaban J connectivity index is 1.60. The van der Waals surface area contributed by atoms with Crippen molar-refractivity contribution in [1.29, 1.82) is 0 Å². The van der Waals surface area contributed by atoms with Gasteiger partial charge in [-0.2, -0.15) is 0 Å². The van der Waals surface area contributed by atoms with Gasteiger partial charge in [-0.15, -0.1) is 0 Å². The predicted molar refractivity (Wildman–Crippen MR) is 116 cm³/mol. The van der Waals surface area contributed by atoms with Crippen LogP contribution in [0.3, 0.4) is 0 Å². The number of hydrogen-bond donors (Lipinski definition) is 1. The first kappa shape index (κ1) is 20.2. The van der Waals surface area contributed by atoms with E-state index in [9.17, 15) is 0 Å². The van der Waals surface area contributed by atoms with E-state index in [0.29, 0.717) is 12.0 Å². The van der Waals surface area contributed by atoms with Crippen LogP contribution in [0.1, 0.15) is 29.5 Å². The Kier molecular flexibility index (Phi) is 6.93. The van der Waals surface area contributed by atoms with Crippen LogP contribution in [0.4, 0.5) is 0 Å². The zero-order chi connectivity index (χ0) is 19.9. The number of rotatable bonds is 6. The molecule has 0 amide bonds. The van der Waals surface area contributed by atoms with E-state index in [1.807, 2.05) is 19.2 Å². The highest BCUT2D eigenvalue weighted by Gasteiger charge is 2.26. The van der Waals surface area contributed by atoms with E-state index in [2.05, 4.69) is 76.7 Å². The number of likely N-dealkylation sites (tertiary alicyclic amines) is 1. The molecule has 1 aliphatic rings. The van der Waals surface area contributed by atoms with Crippen LogP contribution in [0, 0.1) is 0 Å². The number of aliphatic imine (C=N–C) groups is 1. The van der Waals surface area contributed by atoms with Crippen molar-refractivity contribution in [3.63, 3.8) is 0 Å². The Bertz CT molecular complexity index is 758. The summed E-state index contributed by atoms with van der Waals surface area (Å²) in [5.41, 5.74) is 2.68. The minimum absolute atomic E-state index is 0.304. The van der Waals surface area contributed by atoms with Gasteiger partial charge in [-0.3, -0.25) is 4.99 Å². The van der Waals surface area contributed by atoms with Crippen LogP contribution in [-0.4, -0.2) is 63.6 Å². The monoisotopic (exact) mass is 380 g/mol. The summed E-state index contributed by atoms with van der Waals surface area (Å²) in [4.78, 5) is 9.16. The highest BCUT2D eigenvalue weighted by molar-refractivity contribution is 5.80. The molecule has 3 rings (SSSR count). The van der Waals surface area contributed by atoms with E-state index in [-0.39, 0.29) is 0 Å². The van der Waals surface area contributed by atoms with Gasteiger partial charge in [-0.1, -0.05) is 42.5 Å². The standard InChI is InChI=1S/C23H32N4O/c1-24-23(25-16-22(26(2)3)19-8-6-5-7-9-19)27-15-14-20(17-27)18-10-12-21(28-4)13-11-18/h5-13,20,22H,14-17H2,1-4H3,(H,24,25). The lowest BCUT2D eigenvalue weighted by atomic mass is 9.98. The lowest BCUT2D eigenvalue weighted by Gasteiger charge is -2.28. The molecule has 0 aliphatic carbocycles. The maximum absolute atomic E-state index is 5.28. The van der Waals surface area contributed by atoms with Crippen LogP contribution >= 0.6 is 0 Å². The van der Waals surface area contributed by atoms with Crippen molar-refractivity contribution in [1.82, 2.24) is 15.1 Å². The number of hydrogen-bond acceptors (Lipinski definition) is 3. The Morgan fingerprint density at radius 2 is 1.89 bits per heavy atom. The minimum Gasteiger partial charge on any atom is -0.497 e. The highest BCUT2D eigenvalue weighted by atomic mass is 16.5. The summed E-state index contributed by atoms with van der Waals surface area (Å²) < 4.78 is 5.28. The minimum atomic E-state index is 0.304. The smallest absolute Gasteiger partial charge is 0.193 e. The lowest BCUT2D eigenvalue weighted by Crippen LogP contribution is -2.43. The highest BCUT2D eigenvalue weighted by Crippen LogP contribution is 2.28. The van der Waals surface area contributed by atoms with Gasteiger partial charge in [0, 0.05) is 32.6 Å². The van der Waals surface area contributed by atoms with E-state index in [0.717, 1.165) is 37.8 Å². The van der Waals surface area contributed by atoms with Crippen LogP contribution < -0.4 is 10.1 Å². The van der Waals surface area contributed by atoms with Crippen molar-refractivity contribution < 1.29 is 4.74 Å². The van der Waals surface area contributed by atoms with Crippen molar-refractivity contribution in [3.05, 3.63) is 65.7 Å². The second-order valence-electron chi connectivity index (χ2n) is 7.52. The molecule has 1 aliphatic heterocycles. The van der Waals surface area contributed by atoms with Crippen molar-refractivity contribution in [2.24, 2.45) is 4.99 Å². The molecule has 0 spiro atoms. The first-order valence-electron chi connectivity index (χ1n) is 9.93. The number of likely N-dealkylation sites (N-methyl/N-ethyl adjacent to an activating group) is 1. The molecular weight excluding hydrogens is 348 g/mol. The normalized spacial score (nSPS) is 18.4. The van der Waals surface area contributed by atoms with Crippen molar-refractivity contribution in [2.45, 2.75) is 18.4 Å². The van der Waals surface area contributed by atoms with Gasteiger partial charge in [0.05, 0.1) is 13.2 Å². The molecule has 1 N–H and O–H groups in total. The van der Waals surface area contributed by atoms with Gasteiger partial charge in [-0.05, 0) is 43.8 Å². The van der Waals surface area contributed by atoms with Crippen LogP contribution in [-0.2, 0) is 0 Å². The van der Waals surface area contributed by atoms with Gasteiger partial charge in [-0.25, -0.2) is 0 Å². The molecule has 5 nitrogen and oxygen atoms in total. The molecule has 28 heavy (non-hydrogen) atoms. The Morgan fingerprint density at radius 1 is 1.18 bits per heavy atom.